The molecule has 11 heavy (non-hydrogen) atoms. The third-order valence-electron chi connectivity index (χ3n) is 1.000. The summed E-state index contributed by atoms with van der Waals surface area (Å²) in [5, 5.41) is 10.9. The van der Waals surface area contributed by atoms with Crippen LogP contribution in [0.25, 0.3) is 0 Å². The monoisotopic (exact) mass is 406 g/mol. The first-order valence-corrected chi connectivity index (χ1v) is 4.81. The highest BCUT2D eigenvalue weighted by molar-refractivity contribution is 9.14. The number of hydrogen-bond acceptors (Lipinski definition) is 1. The van der Waals surface area contributed by atoms with Crippen molar-refractivity contribution in [2.45, 2.75) is 0 Å². The molecule has 5 heteroatoms. The molecule has 0 heterocycles. The molecular weight excluding hydrogens is 408 g/mol. The lowest BCUT2D eigenvalue weighted by molar-refractivity contribution is -0.269. The van der Waals surface area contributed by atoms with Gasteiger partial charge in [-0.3, -0.25) is 0 Å². The molecule has 1 rings (SSSR count). The topological polar surface area (TPSA) is 23.1 Å². The van der Waals surface area contributed by atoms with Crippen molar-refractivity contribution in [1.82, 2.24) is 0 Å². The maximum Gasteiger partial charge on any atom is 1.00 e. The molecular formula is C6H2Br4O. The largest absolute Gasteiger partial charge is 1.00 e. The third kappa shape index (κ3) is 2.72. The average molecular weight is 410 g/mol. The highest BCUT2D eigenvalue weighted by Crippen LogP contribution is 2.35. The number of hydrogen-bond donors (Lipinski definition) is 0. The number of halogens is 4. The minimum atomic E-state index is -0.0184. The van der Waals surface area contributed by atoms with Gasteiger partial charge >= 0.3 is 17.0 Å². The van der Waals surface area contributed by atoms with Crippen molar-refractivity contribution in [2.24, 2.45) is 0 Å². The lowest BCUT2D eigenvalue weighted by Gasteiger charge is -2.09. The molecule has 0 bridgehead atoms. The van der Waals surface area contributed by atoms with Crippen LogP contribution in [0.4, 0.5) is 0 Å². The highest BCUT2D eigenvalue weighted by atomic mass is 79.9. The van der Waals surface area contributed by atoms with Gasteiger partial charge in [-0.15, -0.1) is 0 Å². The standard InChI is InChI=1S/C6H3Br3O.Br/c7-3-1-2-4(10)6(9)5(3)8;/h1-2,10H;/q;+1/p-1. The van der Waals surface area contributed by atoms with E-state index < -0.39 is 0 Å². The van der Waals surface area contributed by atoms with Crippen LogP contribution in [0, 0.1) is 17.0 Å². The van der Waals surface area contributed by atoms with Crippen LogP contribution in [0.2, 0.25) is 0 Å². The summed E-state index contributed by atoms with van der Waals surface area (Å²) in [7, 11) is 0. The summed E-state index contributed by atoms with van der Waals surface area (Å²) < 4.78 is 2.20. The maximum absolute atomic E-state index is 10.9. The quantitative estimate of drug-likeness (QED) is 0.604. The van der Waals surface area contributed by atoms with Gasteiger partial charge < -0.3 is 5.11 Å². The van der Waals surface area contributed by atoms with E-state index in [1.54, 1.807) is 6.07 Å². The van der Waals surface area contributed by atoms with Crippen LogP contribution in [0.1, 0.15) is 0 Å². The van der Waals surface area contributed by atoms with Gasteiger partial charge in [-0.1, -0.05) is 27.7 Å². The molecule has 0 unspecified atom stereocenters. The predicted octanol–water partition coefficient (Wildman–Crippen LogP) is 3.05. The molecule has 0 aromatic heterocycles. The van der Waals surface area contributed by atoms with Crippen LogP contribution >= 0.6 is 47.8 Å². The number of rotatable bonds is 0. The molecule has 60 valence electrons. The van der Waals surface area contributed by atoms with Gasteiger partial charge in [0.15, 0.2) is 0 Å². The second kappa shape index (κ2) is 4.84. The lowest BCUT2D eigenvalue weighted by atomic mass is 10.3. The Morgan fingerprint density at radius 1 is 1.00 bits per heavy atom. The first kappa shape index (κ1) is 11.9. The van der Waals surface area contributed by atoms with Crippen molar-refractivity contribution in [2.75, 3.05) is 0 Å². The first-order chi connectivity index (χ1) is 4.63. The fourth-order valence-corrected chi connectivity index (χ4v) is 1.78. The van der Waals surface area contributed by atoms with Crippen molar-refractivity contribution in [1.29, 1.82) is 0 Å². The summed E-state index contributed by atoms with van der Waals surface area (Å²) in [5.41, 5.74) is 0. The van der Waals surface area contributed by atoms with Gasteiger partial charge in [-0.05, 0) is 37.9 Å². The predicted molar refractivity (Wildman–Crippen MR) is 49.0 cm³/mol. The summed E-state index contributed by atoms with van der Waals surface area (Å²) in [4.78, 5) is 0. The Bertz CT molecular complexity index is 234. The molecule has 0 aliphatic heterocycles. The van der Waals surface area contributed by atoms with Crippen LogP contribution in [0.3, 0.4) is 0 Å². The summed E-state index contributed by atoms with van der Waals surface area (Å²) >= 11 is 9.64. The van der Waals surface area contributed by atoms with E-state index in [0.717, 1.165) is 8.95 Å². The molecule has 0 atom stereocenters. The zero-order chi connectivity index (χ0) is 7.72. The Balaban J connectivity index is 0.000001000. The van der Waals surface area contributed by atoms with Gasteiger partial charge in [0, 0.05) is 13.4 Å². The maximum atomic E-state index is 10.9. The van der Waals surface area contributed by atoms with Crippen molar-refractivity contribution in [3.8, 4) is 5.75 Å². The van der Waals surface area contributed by atoms with E-state index in [-0.39, 0.29) is 22.7 Å². The molecule has 0 aliphatic carbocycles. The molecule has 0 saturated heterocycles. The number of benzene rings is 1. The van der Waals surface area contributed by atoms with E-state index in [4.69, 9.17) is 0 Å². The van der Waals surface area contributed by atoms with Crippen LogP contribution in [-0.4, -0.2) is 0 Å². The van der Waals surface area contributed by atoms with Gasteiger partial charge in [0.2, 0.25) is 0 Å². The molecule has 0 spiro atoms. The van der Waals surface area contributed by atoms with Gasteiger partial charge in [-0.25, -0.2) is 0 Å². The Morgan fingerprint density at radius 2 is 1.55 bits per heavy atom. The zero-order valence-electron chi connectivity index (χ0n) is 5.07. The van der Waals surface area contributed by atoms with E-state index in [9.17, 15) is 5.11 Å². The second-order valence-electron chi connectivity index (χ2n) is 1.67. The molecule has 0 N–H and O–H groups in total. The smallest absolute Gasteiger partial charge is 0.872 e. The molecule has 2 radical (unpaired) electrons. The lowest BCUT2D eigenvalue weighted by Crippen LogP contribution is -1.90. The average Bonchev–Trinajstić information content (AvgIpc) is 1.93. The van der Waals surface area contributed by atoms with E-state index >= 15 is 0 Å². The minimum absolute atomic E-state index is 0. The molecule has 0 fully saturated rings. The summed E-state index contributed by atoms with van der Waals surface area (Å²) in [5.74, 6) is -0.0184. The summed E-state index contributed by atoms with van der Waals surface area (Å²) in [6.45, 7) is 0. The van der Waals surface area contributed by atoms with E-state index in [0.29, 0.717) is 4.47 Å². The second-order valence-corrected chi connectivity index (χ2v) is 4.11. The van der Waals surface area contributed by atoms with Crippen LogP contribution in [-0.2, 0) is 0 Å². The molecule has 1 aromatic rings. The Morgan fingerprint density at radius 3 is 2.00 bits per heavy atom. The van der Waals surface area contributed by atoms with Gasteiger partial charge in [0.25, 0.3) is 0 Å². The van der Waals surface area contributed by atoms with Crippen molar-refractivity contribution in [3.05, 3.63) is 25.6 Å². The van der Waals surface area contributed by atoms with Crippen molar-refractivity contribution < 1.29 is 22.1 Å². The van der Waals surface area contributed by atoms with Gasteiger partial charge in [0.05, 0.1) is 0 Å². The van der Waals surface area contributed by atoms with Crippen LogP contribution in [0.5, 0.6) is 5.75 Å². The van der Waals surface area contributed by atoms with E-state index in [1.165, 1.54) is 6.07 Å². The van der Waals surface area contributed by atoms with Gasteiger partial charge in [-0.2, -0.15) is 0 Å². The summed E-state index contributed by atoms with van der Waals surface area (Å²) in [6, 6.07) is 3.20. The highest BCUT2D eigenvalue weighted by Gasteiger charge is 1.99. The Kier molecular flexibility index (Phi) is 5.26. The molecule has 1 aromatic carbocycles. The minimum Gasteiger partial charge on any atom is -0.872 e. The van der Waals surface area contributed by atoms with Crippen LogP contribution in [0.15, 0.2) is 25.6 Å². The molecule has 1 nitrogen and oxygen atoms in total. The fraction of sp³-hybridized carbons (Fsp3) is 0. The zero-order valence-corrected chi connectivity index (χ0v) is 11.4. The Labute approximate surface area is 100 Å². The summed E-state index contributed by atoms with van der Waals surface area (Å²) in [6.07, 6.45) is 0. The normalized spacial score (nSPS) is 9.00. The first-order valence-electron chi connectivity index (χ1n) is 2.43. The SMILES string of the molecule is [Br+].[O-]c1ccc(Br)c(Br)c1Br. The van der Waals surface area contributed by atoms with Crippen LogP contribution < -0.4 is 5.11 Å². The van der Waals surface area contributed by atoms with E-state index in [2.05, 4.69) is 47.8 Å². The molecule has 0 saturated carbocycles. The van der Waals surface area contributed by atoms with Crippen molar-refractivity contribution in [3.63, 3.8) is 0 Å². The Hall–Kier alpha value is 0.940. The molecule has 0 amide bonds. The molecule has 0 aliphatic rings. The third-order valence-corrected chi connectivity index (χ3v) is 4.34. The van der Waals surface area contributed by atoms with E-state index in [1.807, 2.05) is 0 Å². The van der Waals surface area contributed by atoms with Gasteiger partial charge in [0.1, 0.15) is 0 Å². The van der Waals surface area contributed by atoms with Crippen molar-refractivity contribution >= 4 is 47.8 Å². The fourth-order valence-electron chi connectivity index (χ4n) is 0.508.